The molecule has 7 nitrogen and oxygen atoms in total. The molecular weight excluding hydrogens is 288 g/mol. The van der Waals surface area contributed by atoms with E-state index in [1.165, 1.54) is 7.11 Å². The molecular formula is C15H24N2O5. The Morgan fingerprint density at radius 1 is 1.18 bits per heavy atom. The molecule has 2 rings (SSSR count). The number of rotatable bonds is 2. The van der Waals surface area contributed by atoms with Crippen LogP contribution < -0.4 is 5.32 Å². The van der Waals surface area contributed by atoms with Gasteiger partial charge in [0.2, 0.25) is 5.91 Å². The van der Waals surface area contributed by atoms with Gasteiger partial charge < -0.3 is 19.7 Å². The number of piperidine rings is 1. The number of hydrogen-bond donors (Lipinski definition) is 1. The Kier molecular flexibility index (Phi) is 4.63. The van der Waals surface area contributed by atoms with Crippen molar-refractivity contribution in [3.8, 4) is 0 Å². The van der Waals surface area contributed by atoms with Crippen LogP contribution in [0.2, 0.25) is 0 Å². The smallest absolute Gasteiger partial charge is 0.408 e. The summed E-state index contributed by atoms with van der Waals surface area (Å²) in [6.07, 6.45) is 2.12. The van der Waals surface area contributed by atoms with E-state index in [0.29, 0.717) is 12.8 Å². The van der Waals surface area contributed by atoms with E-state index < -0.39 is 29.7 Å². The zero-order valence-electron chi connectivity index (χ0n) is 13.5. The molecule has 2 heterocycles. The van der Waals surface area contributed by atoms with Crippen LogP contribution in [0.3, 0.4) is 0 Å². The first-order valence-corrected chi connectivity index (χ1v) is 7.62. The molecule has 0 aliphatic carbocycles. The van der Waals surface area contributed by atoms with E-state index in [4.69, 9.17) is 9.47 Å². The summed E-state index contributed by atoms with van der Waals surface area (Å²) < 4.78 is 9.95. The van der Waals surface area contributed by atoms with Crippen molar-refractivity contribution >= 4 is 18.0 Å². The predicted octanol–water partition coefficient (Wildman–Crippen LogP) is 1.21. The highest BCUT2D eigenvalue weighted by Gasteiger charge is 2.47. The Labute approximate surface area is 130 Å². The number of esters is 1. The molecule has 0 bridgehead atoms. The number of amides is 2. The summed E-state index contributed by atoms with van der Waals surface area (Å²) in [7, 11) is 1.32. The van der Waals surface area contributed by atoms with Gasteiger partial charge in [-0.3, -0.25) is 4.79 Å². The number of alkyl carbamates (subject to hydrolysis) is 1. The van der Waals surface area contributed by atoms with Crippen LogP contribution in [0.25, 0.3) is 0 Å². The first kappa shape index (κ1) is 16.6. The Bertz CT molecular complexity index is 471. The topological polar surface area (TPSA) is 84.9 Å². The molecule has 2 aliphatic heterocycles. The molecule has 1 N–H and O–H groups in total. The summed E-state index contributed by atoms with van der Waals surface area (Å²) in [5.41, 5.74) is -0.619. The molecule has 3 atom stereocenters. The number of carbonyl (C=O) groups is 3. The van der Waals surface area contributed by atoms with Crippen molar-refractivity contribution in [3.63, 3.8) is 0 Å². The average molecular weight is 312 g/mol. The number of ether oxygens (including phenoxy) is 2. The normalized spacial score (nSPS) is 28.1. The molecule has 0 unspecified atom stereocenters. The largest absolute Gasteiger partial charge is 0.467 e. The van der Waals surface area contributed by atoms with Crippen molar-refractivity contribution in [2.75, 3.05) is 7.11 Å². The molecule has 0 radical (unpaired) electrons. The highest BCUT2D eigenvalue weighted by atomic mass is 16.6. The fourth-order valence-electron chi connectivity index (χ4n) is 3.11. The molecule has 0 aromatic carbocycles. The van der Waals surface area contributed by atoms with Crippen molar-refractivity contribution in [1.29, 1.82) is 0 Å². The highest BCUT2D eigenvalue weighted by molar-refractivity contribution is 5.91. The molecule has 22 heavy (non-hydrogen) atoms. The molecule has 2 saturated heterocycles. The Balaban J connectivity index is 2.03. The molecule has 0 aromatic heterocycles. The summed E-state index contributed by atoms with van der Waals surface area (Å²) >= 11 is 0. The summed E-state index contributed by atoms with van der Waals surface area (Å²) in [5, 5.41) is 2.61. The first-order valence-electron chi connectivity index (χ1n) is 7.62. The fourth-order valence-corrected chi connectivity index (χ4v) is 3.11. The van der Waals surface area contributed by atoms with Crippen molar-refractivity contribution in [1.82, 2.24) is 10.2 Å². The van der Waals surface area contributed by atoms with Crippen LogP contribution in [0.15, 0.2) is 0 Å². The molecule has 2 aliphatic rings. The maximum absolute atomic E-state index is 12.6. The third-order valence-electron chi connectivity index (χ3n) is 4.01. The highest BCUT2D eigenvalue weighted by Crippen LogP contribution is 2.33. The molecule has 0 spiro atoms. The second-order valence-corrected chi connectivity index (χ2v) is 6.79. The number of carbonyl (C=O) groups excluding carboxylic acids is 3. The van der Waals surface area contributed by atoms with Gasteiger partial charge in [-0.25, -0.2) is 9.59 Å². The first-order chi connectivity index (χ1) is 10.2. The van der Waals surface area contributed by atoms with Gasteiger partial charge in [-0.05, 0) is 46.5 Å². The number of nitrogens with zero attached hydrogens (tertiary/aromatic N) is 1. The van der Waals surface area contributed by atoms with Crippen LogP contribution in [-0.2, 0) is 19.1 Å². The lowest BCUT2D eigenvalue weighted by Gasteiger charge is -2.37. The lowest BCUT2D eigenvalue weighted by Crippen LogP contribution is -2.58. The van der Waals surface area contributed by atoms with E-state index in [-0.39, 0.29) is 11.9 Å². The third kappa shape index (κ3) is 3.51. The predicted molar refractivity (Wildman–Crippen MR) is 78.1 cm³/mol. The lowest BCUT2D eigenvalue weighted by atomic mass is 9.98. The minimum Gasteiger partial charge on any atom is -0.467 e. The monoisotopic (exact) mass is 312 g/mol. The van der Waals surface area contributed by atoms with Gasteiger partial charge in [0, 0.05) is 6.04 Å². The SMILES string of the molecule is COC(=O)[C@H]1CC[C@@H]2CC[C@H](NC(=O)OC(C)(C)C)C(=O)N21. The number of nitrogens with one attached hydrogen (secondary N) is 1. The van der Waals surface area contributed by atoms with Gasteiger partial charge in [-0.2, -0.15) is 0 Å². The van der Waals surface area contributed by atoms with Gasteiger partial charge in [0.15, 0.2) is 0 Å². The van der Waals surface area contributed by atoms with E-state index in [1.54, 1.807) is 25.7 Å². The molecule has 0 aromatic rings. The minimum absolute atomic E-state index is 0.0632. The summed E-state index contributed by atoms with van der Waals surface area (Å²) in [6, 6.07) is -1.12. The summed E-state index contributed by atoms with van der Waals surface area (Å²) in [5.74, 6) is -0.622. The minimum atomic E-state index is -0.642. The summed E-state index contributed by atoms with van der Waals surface area (Å²) in [4.78, 5) is 37.8. The quantitative estimate of drug-likeness (QED) is 0.775. The van der Waals surface area contributed by atoms with Crippen LogP contribution in [0.5, 0.6) is 0 Å². The van der Waals surface area contributed by atoms with Crippen LogP contribution >= 0.6 is 0 Å². The van der Waals surface area contributed by atoms with Crippen molar-refractivity contribution in [2.45, 2.75) is 70.2 Å². The maximum Gasteiger partial charge on any atom is 0.408 e. The van der Waals surface area contributed by atoms with Crippen molar-refractivity contribution in [3.05, 3.63) is 0 Å². The second-order valence-electron chi connectivity index (χ2n) is 6.79. The van der Waals surface area contributed by atoms with E-state index in [2.05, 4.69) is 5.32 Å². The third-order valence-corrected chi connectivity index (χ3v) is 4.01. The van der Waals surface area contributed by atoms with Crippen LogP contribution in [0.4, 0.5) is 4.79 Å². The van der Waals surface area contributed by atoms with Crippen LogP contribution in [-0.4, -0.2) is 53.7 Å². The molecule has 2 fully saturated rings. The number of fused-ring (bicyclic) bond motifs is 1. The van der Waals surface area contributed by atoms with Gasteiger partial charge in [0.1, 0.15) is 17.7 Å². The van der Waals surface area contributed by atoms with Gasteiger partial charge in [-0.1, -0.05) is 0 Å². The standard InChI is InChI=1S/C15H24N2O5/c1-15(2,3)22-14(20)16-10-7-5-9-6-8-11(13(19)21-4)17(9)12(10)18/h9-11H,5-8H2,1-4H3,(H,16,20)/t9-,10-,11+/m0/s1. The van der Waals surface area contributed by atoms with Crippen molar-refractivity contribution in [2.24, 2.45) is 0 Å². The van der Waals surface area contributed by atoms with E-state index in [0.717, 1.165) is 12.8 Å². The lowest BCUT2D eigenvalue weighted by molar-refractivity contribution is -0.154. The van der Waals surface area contributed by atoms with E-state index in [9.17, 15) is 14.4 Å². The number of hydrogen-bond acceptors (Lipinski definition) is 5. The number of methoxy groups -OCH3 is 1. The molecule has 7 heteroatoms. The second kappa shape index (κ2) is 6.14. The van der Waals surface area contributed by atoms with E-state index in [1.807, 2.05) is 0 Å². The zero-order valence-corrected chi connectivity index (χ0v) is 13.5. The molecule has 2 amide bonds. The Morgan fingerprint density at radius 2 is 1.82 bits per heavy atom. The average Bonchev–Trinajstić information content (AvgIpc) is 2.83. The van der Waals surface area contributed by atoms with Gasteiger partial charge in [-0.15, -0.1) is 0 Å². The van der Waals surface area contributed by atoms with Crippen molar-refractivity contribution < 1.29 is 23.9 Å². The molecule has 0 saturated carbocycles. The Hall–Kier alpha value is -1.79. The molecule has 124 valence electrons. The van der Waals surface area contributed by atoms with Crippen LogP contribution in [0, 0.1) is 0 Å². The van der Waals surface area contributed by atoms with Crippen LogP contribution in [0.1, 0.15) is 46.5 Å². The van der Waals surface area contributed by atoms with E-state index >= 15 is 0 Å². The summed E-state index contributed by atoms with van der Waals surface area (Å²) in [6.45, 7) is 5.29. The zero-order chi connectivity index (χ0) is 16.5. The van der Waals surface area contributed by atoms with Gasteiger partial charge in [0.05, 0.1) is 7.11 Å². The Morgan fingerprint density at radius 3 is 2.41 bits per heavy atom. The maximum atomic E-state index is 12.6. The fraction of sp³-hybridized carbons (Fsp3) is 0.800. The van der Waals surface area contributed by atoms with Gasteiger partial charge in [0.25, 0.3) is 0 Å². The van der Waals surface area contributed by atoms with Gasteiger partial charge >= 0.3 is 12.1 Å².